The lowest BCUT2D eigenvalue weighted by Crippen LogP contribution is -2.13. The molecule has 3 rings (SSSR count). The molecule has 0 bridgehead atoms. The van der Waals surface area contributed by atoms with Crippen LogP contribution in [0.15, 0.2) is 33.9 Å². The predicted octanol–water partition coefficient (Wildman–Crippen LogP) is 3.48. The van der Waals surface area contributed by atoms with E-state index in [1.807, 2.05) is 0 Å². The van der Waals surface area contributed by atoms with Crippen LogP contribution in [0.4, 0.5) is 22.7 Å². The Kier molecular flexibility index (Phi) is 5.18. The van der Waals surface area contributed by atoms with Crippen LogP contribution in [0.3, 0.4) is 0 Å². The van der Waals surface area contributed by atoms with Crippen molar-refractivity contribution in [3.05, 3.63) is 35.1 Å². The van der Waals surface area contributed by atoms with Crippen LogP contribution in [0.25, 0.3) is 11.5 Å². The van der Waals surface area contributed by atoms with Gasteiger partial charge >= 0.3 is 6.18 Å². The van der Waals surface area contributed by atoms with E-state index in [0.717, 1.165) is 11.8 Å². The molecule has 0 aliphatic heterocycles. The van der Waals surface area contributed by atoms with Gasteiger partial charge in [-0.05, 0) is 12.1 Å². The maximum absolute atomic E-state index is 13.6. The molecule has 7 nitrogen and oxygen atoms in total. The van der Waals surface area contributed by atoms with Crippen molar-refractivity contribution in [2.75, 3.05) is 11.1 Å². The fraction of sp³-hybridized carbons (Fsp3) is 0.154. The first-order chi connectivity index (χ1) is 12.3. The summed E-state index contributed by atoms with van der Waals surface area (Å²) in [6, 6.07) is 5.79. The zero-order valence-electron chi connectivity index (χ0n) is 12.5. The van der Waals surface area contributed by atoms with Crippen molar-refractivity contribution >= 4 is 34.1 Å². The van der Waals surface area contributed by atoms with Crippen molar-refractivity contribution in [1.29, 1.82) is 0 Å². The van der Waals surface area contributed by atoms with Crippen molar-refractivity contribution in [3.8, 4) is 11.5 Å². The Labute approximate surface area is 150 Å². The summed E-state index contributed by atoms with van der Waals surface area (Å²) >= 11 is 1.05. The van der Waals surface area contributed by atoms with E-state index in [4.69, 9.17) is 4.42 Å². The summed E-state index contributed by atoms with van der Waals surface area (Å²) in [5.74, 6) is -1.45. The van der Waals surface area contributed by atoms with E-state index in [-0.39, 0.29) is 38.9 Å². The average Bonchev–Trinajstić information content (AvgIpc) is 3.22. The van der Waals surface area contributed by atoms with Crippen molar-refractivity contribution in [2.45, 2.75) is 11.4 Å². The van der Waals surface area contributed by atoms with Crippen molar-refractivity contribution in [3.63, 3.8) is 0 Å². The van der Waals surface area contributed by atoms with Crippen LogP contribution in [0.1, 0.15) is 5.01 Å². The highest BCUT2D eigenvalue weighted by atomic mass is 32.2. The molecule has 3 aromatic rings. The molecule has 0 saturated carbocycles. The third-order valence-corrected chi connectivity index (χ3v) is 4.45. The first-order valence-corrected chi connectivity index (χ1v) is 8.55. The topological polar surface area (TPSA) is 93.8 Å². The number of aromatic nitrogens is 4. The molecule has 26 heavy (non-hydrogen) atoms. The summed E-state index contributed by atoms with van der Waals surface area (Å²) in [5.41, 5.74) is 0.116. The maximum atomic E-state index is 13.6. The summed E-state index contributed by atoms with van der Waals surface area (Å²) in [6.45, 7) is 0. The van der Waals surface area contributed by atoms with Gasteiger partial charge in [0, 0.05) is 0 Å². The summed E-state index contributed by atoms with van der Waals surface area (Å²) in [4.78, 5) is 11.8. The lowest BCUT2D eigenvalue weighted by atomic mass is 10.2. The number of halogens is 4. The number of carbonyl (C=O) groups excluding carboxylic acids is 1. The van der Waals surface area contributed by atoms with Gasteiger partial charge in [-0.15, -0.1) is 20.4 Å². The molecule has 0 aliphatic rings. The Morgan fingerprint density at radius 2 is 1.96 bits per heavy atom. The van der Waals surface area contributed by atoms with Crippen molar-refractivity contribution in [1.82, 2.24) is 20.4 Å². The molecule has 0 spiro atoms. The molecule has 0 radical (unpaired) electrons. The van der Waals surface area contributed by atoms with Crippen LogP contribution >= 0.6 is 23.1 Å². The third kappa shape index (κ3) is 4.35. The molecule has 0 aliphatic carbocycles. The smallest absolute Gasteiger partial charge is 0.411 e. The number of anilines is 1. The van der Waals surface area contributed by atoms with E-state index in [2.05, 4.69) is 25.7 Å². The molecule has 1 aromatic carbocycles. The second kappa shape index (κ2) is 7.37. The zero-order valence-corrected chi connectivity index (χ0v) is 14.1. The Morgan fingerprint density at radius 3 is 2.65 bits per heavy atom. The molecule has 0 fully saturated rings. The number of benzene rings is 1. The highest BCUT2D eigenvalue weighted by Crippen LogP contribution is 2.33. The van der Waals surface area contributed by atoms with E-state index < -0.39 is 22.9 Å². The quantitative estimate of drug-likeness (QED) is 0.513. The number of hydrogen-bond acceptors (Lipinski definition) is 8. The maximum Gasteiger partial charge on any atom is 0.445 e. The normalized spacial score (nSPS) is 11.5. The monoisotopic (exact) mass is 405 g/mol. The average molecular weight is 405 g/mol. The van der Waals surface area contributed by atoms with Crippen LogP contribution in [-0.2, 0) is 11.0 Å². The van der Waals surface area contributed by atoms with Crippen molar-refractivity contribution < 1.29 is 26.8 Å². The first kappa shape index (κ1) is 18.3. The minimum absolute atomic E-state index is 0.00615. The van der Waals surface area contributed by atoms with Gasteiger partial charge in [-0.2, -0.15) is 13.2 Å². The highest BCUT2D eigenvalue weighted by Gasteiger charge is 2.35. The fourth-order valence-corrected chi connectivity index (χ4v) is 2.87. The molecule has 2 aromatic heterocycles. The van der Waals surface area contributed by atoms with Crippen LogP contribution < -0.4 is 5.32 Å². The molecule has 136 valence electrons. The molecule has 1 amide bonds. The summed E-state index contributed by atoms with van der Waals surface area (Å²) in [5, 5.41) is 14.3. The Hall–Kier alpha value is -2.54. The Balaban J connectivity index is 1.57. The van der Waals surface area contributed by atoms with Gasteiger partial charge in [-0.3, -0.25) is 10.1 Å². The predicted molar refractivity (Wildman–Crippen MR) is 84.0 cm³/mol. The van der Waals surface area contributed by atoms with Crippen LogP contribution in [0, 0.1) is 5.82 Å². The number of hydrogen-bond donors (Lipinski definition) is 1. The van der Waals surface area contributed by atoms with Crippen molar-refractivity contribution in [2.24, 2.45) is 0 Å². The summed E-state index contributed by atoms with van der Waals surface area (Å²) < 4.78 is 56.1. The fourth-order valence-electron chi connectivity index (χ4n) is 1.68. The van der Waals surface area contributed by atoms with E-state index in [9.17, 15) is 22.4 Å². The Bertz CT molecular complexity index is 927. The van der Waals surface area contributed by atoms with Crippen LogP contribution in [0.2, 0.25) is 0 Å². The molecule has 1 N–H and O–H groups in total. The van der Waals surface area contributed by atoms with E-state index >= 15 is 0 Å². The van der Waals surface area contributed by atoms with E-state index in [0.29, 0.717) is 0 Å². The largest absolute Gasteiger partial charge is 0.445 e. The molecular formula is C13H7F4N5O2S2. The molecule has 13 heteroatoms. The minimum Gasteiger partial charge on any atom is -0.411 e. The van der Waals surface area contributed by atoms with E-state index in [1.54, 1.807) is 6.07 Å². The second-order valence-corrected chi connectivity index (χ2v) is 6.50. The van der Waals surface area contributed by atoms with Gasteiger partial charge < -0.3 is 4.42 Å². The van der Waals surface area contributed by atoms with Gasteiger partial charge in [0.25, 0.3) is 11.1 Å². The van der Waals surface area contributed by atoms with Gasteiger partial charge in [0.15, 0.2) is 0 Å². The van der Waals surface area contributed by atoms with Crippen LogP contribution in [0.5, 0.6) is 0 Å². The lowest BCUT2D eigenvalue weighted by molar-refractivity contribution is -0.138. The van der Waals surface area contributed by atoms with E-state index in [1.165, 1.54) is 18.2 Å². The number of nitrogens with one attached hydrogen (secondary N) is 1. The summed E-state index contributed by atoms with van der Waals surface area (Å²) in [7, 11) is 0. The molecule has 0 saturated heterocycles. The first-order valence-electron chi connectivity index (χ1n) is 6.74. The lowest BCUT2D eigenvalue weighted by Gasteiger charge is -1.99. The SMILES string of the molecule is O=C(CSc1nnc(-c2ccccc2F)o1)Nc1nnc(C(F)(F)F)s1. The number of nitrogens with zero attached hydrogens (tertiary/aromatic N) is 4. The van der Waals surface area contributed by atoms with Gasteiger partial charge in [0.2, 0.25) is 16.0 Å². The number of carbonyl (C=O) groups is 1. The minimum atomic E-state index is -4.62. The second-order valence-electron chi connectivity index (χ2n) is 4.60. The third-order valence-electron chi connectivity index (χ3n) is 2.75. The number of alkyl halides is 3. The molecular weight excluding hydrogens is 398 g/mol. The van der Waals surface area contributed by atoms with Gasteiger partial charge in [0.1, 0.15) is 5.82 Å². The van der Waals surface area contributed by atoms with Gasteiger partial charge in [-0.25, -0.2) is 4.39 Å². The number of amides is 1. The van der Waals surface area contributed by atoms with Crippen LogP contribution in [-0.4, -0.2) is 32.1 Å². The standard InChI is InChI=1S/C13H7F4N5O2S2/c14-7-4-2-1-3-6(7)9-19-22-12(24-9)25-5-8(23)18-11-21-20-10(26-11)13(15,16)17/h1-4H,5H2,(H,18,21,23). The number of rotatable bonds is 5. The molecule has 0 atom stereocenters. The number of thioether (sulfide) groups is 1. The van der Waals surface area contributed by atoms with Gasteiger partial charge in [-0.1, -0.05) is 35.2 Å². The molecule has 2 heterocycles. The molecule has 0 unspecified atom stereocenters. The Morgan fingerprint density at radius 1 is 1.19 bits per heavy atom. The van der Waals surface area contributed by atoms with Gasteiger partial charge in [0.05, 0.1) is 11.3 Å². The zero-order chi connectivity index (χ0) is 18.7. The summed E-state index contributed by atoms with van der Waals surface area (Å²) in [6.07, 6.45) is -4.62. The highest BCUT2D eigenvalue weighted by molar-refractivity contribution is 7.99.